The zero-order valence-electron chi connectivity index (χ0n) is 21.2. The van der Waals surface area contributed by atoms with Gasteiger partial charge < -0.3 is 19.2 Å². The fraction of sp³-hybridized carbons (Fsp3) is 0.250. The van der Waals surface area contributed by atoms with Crippen LogP contribution in [0.1, 0.15) is 21.6 Å². The lowest BCUT2D eigenvalue weighted by Crippen LogP contribution is -2.58. The normalized spacial score (nSPS) is 21.0. The van der Waals surface area contributed by atoms with Gasteiger partial charge in [0.2, 0.25) is 0 Å². The van der Waals surface area contributed by atoms with Gasteiger partial charge in [0.05, 0.1) is 17.9 Å². The minimum atomic E-state index is -5.03. The Balaban J connectivity index is 0.000000208. The quantitative estimate of drug-likeness (QED) is 0.254. The molecule has 0 radical (unpaired) electrons. The van der Waals surface area contributed by atoms with Crippen molar-refractivity contribution in [3.8, 4) is 0 Å². The molecule has 43 heavy (non-hydrogen) atoms. The monoisotopic (exact) mass is 655 g/mol. The van der Waals surface area contributed by atoms with E-state index in [0.29, 0.717) is 0 Å². The van der Waals surface area contributed by atoms with Gasteiger partial charge in [-0.3, -0.25) is 20.7 Å². The first-order valence-corrected chi connectivity index (χ1v) is 12.4. The van der Waals surface area contributed by atoms with Crippen LogP contribution in [0.2, 0.25) is 10.0 Å². The number of halogens is 8. The number of carbonyl (C=O) groups is 3. The Morgan fingerprint density at radius 1 is 0.907 bits per heavy atom. The third-order valence-corrected chi connectivity index (χ3v) is 6.61. The smallest absolute Gasteiger partial charge is 0.447 e. The highest BCUT2D eigenvalue weighted by molar-refractivity contribution is 6.31. The van der Waals surface area contributed by atoms with Crippen LogP contribution in [0.5, 0.6) is 0 Å². The Bertz CT molecular complexity index is 1550. The molecule has 3 heterocycles. The molecular formula is C24H17Cl2F6N5O6. The van der Waals surface area contributed by atoms with Gasteiger partial charge in [-0.05, 0) is 43.4 Å². The summed E-state index contributed by atoms with van der Waals surface area (Å²) in [6.07, 6.45) is -10.4. The molecule has 2 aliphatic rings. The predicted molar refractivity (Wildman–Crippen MR) is 136 cm³/mol. The Kier molecular flexibility index (Phi) is 8.45. The maximum absolute atomic E-state index is 13.8. The fourth-order valence-electron chi connectivity index (χ4n) is 4.15. The van der Waals surface area contributed by atoms with Gasteiger partial charge >= 0.3 is 24.5 Å². The van der Waals surface area contributed by atoms with Crippen molar-refractivity contribution in [1.29, 1.82) is 0 Å². The number of cyclic esters (lactones) is 2. The molecule has 0 fully saturated rings. The van der Waals surface area contributed by atoms with E-state index >= 15 is 0 Å². The van der Waals surface area contributed by atoms with Crippen molar-refractivity contribution in [3.63, 3.8) is 0 Å². The molecule has 4 N–H and O–H groups in total. The average molecular weight is 656 g/mol. The van der Waals surface area contributed by atoms with E-state index in [1.807, 2.05) is 5.32 Å². The second-order valence-corrected chi connectivity index (χ2v) is 9.59. The summed E-state index contributed by atoms with van der Waals surface area (Å²) in [5.74, 6) is -0.921. The molecule has 2 aromatic carbocycles. The number of oxazole rings is 1. The number of alkyl halides is 6. The van der Waals surface area contributed by atoms with Gasteiger partial charge in [-0.2, -0.15) is 26.3 Å². The molecule has 3 amide bonds. The molecule has 2 aliphatic heterocycles. The summed E-state index contributed by atoms with van der Waals surface area (Å²) in [5.41, 5.74) is -7.04. The van der Waals surface area contributed by atoms with Crippen molar-refractivity contribution >= 4 is 52.7 Å². The number of fused-ring (bicyclic) bond motifs is 2. The zero-order valence-corrected chi connectivity index (χ0v) is 22.8. The Labute approximate surface area is 246 Å². The molecule has 3 aromatic rings. The van der Waals surface area contributed by atoms with Gasteiger partial charge in [-0.15, -0.1) is 0 Å². The first-order chi connectivity index (χ1) is 20.0. The molecule has 2 unspecified atom stereocenters. The van der Waals surface area contributed by atoms with Gasteiger partial charge in [0.1, 0.15) is 6.26 Å². The first kappa shape index (κ1) is 31.7. The van der Waals surface area contributed by atoms with E-state index in [9.17, 15) is 40.7 Å². The number of anilines is 2. The van der Waals surface area contributed by atoms with Crippen molar-refractivity contribution in [2.45, 2.75) is 23.7 Å². The van der Waals surface area contributed by atoms with Crippen molar-refractivity contribution < 1.29 is 54.6 Å². The topological polar surface area (TPSA) is 144 Å². The van der Waals surface area contributed by atoms with Gasteiger partial charge in [0.15, 0.2) is 12.1 Å². The SMILES string of the molecule is CNC1(C(F)(F)F)OC(=O)Nc2ccc(Cl)cc21.O=C1Nc2ccc(Cl)cc2C(CNC(=O)c2cocn2)(C(F)(F)F)O1. The number of ether oxygens (including phenoxy) is 2. The lowest BCUT2D eigenvalue weighted by molar-refractivity contribution is -0.275. The Morgan fingerprint density at radius 2 is 1.47 bits per heavy atom. The summed E-state index contributed by atoms with van der Waals surface area (Å²) in [6, 6.07) is 7.32. The standard InChI is InChI=1S/C14H9ClF3N3O4.C10H8ClF3N2O2/c15-7-1-2-9-8(3-7)13(14(16,17)18,25-12(23)21-9)5-19-11(22)10-4-24-6-20-10;1-15-9(10(12,13)14)6-4-5(11)2-3-7(6)16-8(17)18-9/h1-4,6H,5H2,(H,19,22)(H,21,23);2-4,15H,1H3,(H,16,17). The molecule has 0 saturated heterocycles. The molecule has 11 nitrogen and oxygen atoms in total. The molecule has 0 spiro atoms. The average Bonchev–Trinajstić information content (AvgIpc) is 3.46. The van der Waals surface area contributed by atoms with E-state index in [1.54, 1.807) is 0 Å². The lowest BCUT2D eigenvalue weighted by atomic mass is 9.89. The van der Waals surface area contributed by atoms with Crippen molar-refractivity contribution in [1.82, 2.24) is 15.6 Å². The second kappa shape index (κ2) is 11.5. The third-order valence-electron chi connectivity index (χ3n) is 6.14. The van der Waals surface area contributed by atoms with Crippen molar-refractivity contribution in [2.75, 3.05) is 24.2 Å². The molecular weight excluding hydrogens is 639 g/mol. The van der Waals surface area contributed by atoms with Crippen LogP contribution in [0.25, 0.3) is 0 Å². The highest BCUT2D eigenvalue weighted by Gasteiger charge is 2.63. The van der Waals surface area contributed by atoms with E-state index in [1.165, 1.54) is 24.3 Å². The van der Waals surface area contributed by atoms with Gasteiger partial charge in [-0.25, -0.2) is 14.6 Å². The van der Waals surface area contributed by atoms with E-state index in [0.717, 1.165) is 31.8 Å². The summed E-state index contributed by atoms with van der Waals surface area (Å²) in [6.45, 7) is -1.07. The molecule has 5 rings (SSSR count). The highest BCUT2D eigenvalue weighted by Crippen LogP contribution is 2.48. The molecule has 2 atom stereocenters. The number of nitrogens with one attached hydrogen (secondary N) is 4. The minimum Gasteiger partial charge on any atom is -0.451 e. The summed E-state index contributed by atoms with van der Waals surface area (Å²) in [5, 5.41) is 8.53. The molecule has 0 saturated carbocycles. The summed E-state index contributed by atoms with van der Waals surface area (Å²) in [7, 11) is 1.05. The number of carbonyl (C=O) groups excluding carboxylic acids is 3. The molecule has 19 heteroatoms. The number of rotatable bonds is 4. The Hall–Kier alpha value is -4.22. The molecule has 0 aliphatic carbocycles. The maximum atomic E-state index is 13.8. The van der Waals surface area contributed by atoms with E-state index < -0.39 is 53.9 Å². The zero-order chi connectivity index (χ0) is 31.8. The highest BCUT2D eigenvalue weighted by atomic mass is 35.5. The van der Waals surface area contributed by atoms with E-state index in [4.69, 9.17) is 23.2 Å². The minimum absolute atomic E-state index is 0.00215. The third kappa shape index (κ3) is 6.00. The molecule has 230 valence electrons. The van der Waals surface area contributed by atoms with Crippen LogP contribution in [-0.4, -0.2) is 49.0 Å². The molecule has 0 bridgehead atoms. The van der Waals surface area contributed by atoms with Crippen LogP contribution in [0, 0.1) is 0 Å². The number of aromatic nitrogens is 1. The van der Waals surface area contributed by atoms with Crippen LogP contribution >= 0.6 is 23.2 Å². The number of benzene rings is 2. The van der Waals surface area contributed by atoms with Crippen molar-refractivity contribution in [2.24, 2.45) is 0 Å². The molecule has 1 aromatic heterocycles. The van der Waals surface area contributed by atoms with Crippen molar-refractivity contribution in [3.05, 3.63) is 75.9 Å². The number of nitrogens with zero attached hydrogens (tertiary/aromatic N) is 1. The Morgan fingerprint density at radius 3 is 1.98 bits per heavy atom. The first-order valence-electron chi connectivity index (χ1n) is 11.6. The lowest BCUT2D eigenvalue weighted by Gasteiger charge is -2.39. The van der Waals surface area contributed by atoms with Crippen LogP contribution in [-0.2, 0) is 20.8 Å². The van der Waals surface area contributed by atoms with Gasteiger partial charge in [0, 0.05) is 21.2 Å². The van der Waals surface area contributed by atoms with Crippen LogP contribution in [0.3, 0.4) is 0 Å². The summed E-state index contributed by atoms with van der Waals surface area (Å²) >= 11 is 11.5. The number of amides is 3. The maximum Gasteiger partial charge on any atom is 0.447 e. The number of hydrogen-bond donors (Lipinski definition) is 4. The number of hydrogen-bond acceptors (Lipinski definition) is 8. The van der Waals surface area contributed by atoms with E-state index in [-0.39, 0.29) is 32.7 Å². The predicted octanol–water partition coefficient (Wildman–Crippen LogP) is 5.91. The van der Waals surface area contributed by atoms with Gasteiger partial charge in [-0.1, -0.05) is 23.2 Å². The summed E-state index contributed by atoms with van der Waals surface area (Å²) in [4.78, 5) is 38.3. The van der Waals surface area contributed by atoms with E-state index in [2.05, 4.69) is 34.8 Å². The largest absolute Gasteiger partial charge is 0.451 e. The van der Waals surface area contributed by atoms with Crippen LogP contribution in [0.15, 0.2) is 53.5 Å². The fourth-order valence-corrected chi connectivity index (χ4v) is 4.50. The summed E-state index contributed by atoms with van der Waals surface area (Å²) < 4.78 is 94.7. The van der Waals surface area contributed by atoms with Gasteiger partial charge in [0.25, 0.3) is 17.2 Å². The van der Waals surface area contributed by atoms with Crippen LogP contribution < -0.4 is 21.3 Å². The van der Waals surface area contributed by atoms with Crippen LogP contribution in [0.4, 0.5) is 47.3 Å². The second-order valence-electron chi connectivity index (χ2n) is 8.72.